The molecule has 0 bridgehead atoms. The van der Waals surface area contributed by atoms with Gasteiger partial charge in [-0.1, -0.05) is 24.3 Å². The van der Waals surface area contributed by atoms with Crippen molar-refractivity contribution in [3.05, 3.63) is 71.0 Å². The molecule has 0 fully saturated rings. The molecule has 0 radical (unpaired) electrons. The molecule has 3 N–H and O–H groups in total. The van der Waals surface area contributed by atoms with Crippen LogP contribution >= 0.6 is 0 Å². The van der Waals surface area contributed by atoms with Gasteiger partial charge in [0.2, 0.25) is 11.8 Å². The van der Waals surface area contributed by atoms with Gasteiger partial charge in [0.05, 0.1) is 12.0 Å². The van der Waals surface area contributed by atoms with Gasteiger partial charge in [0, 0.05) is 6.42 Å². The minimum atomic E-state index is -4.45. The fraction of sp³-hybridized carbons (Fsp3) is 0.222. The van der Waals surface area contributed by atoms with Crippen molar-refractivity contribution in [2.45, 2.75) is 25.1 Å². The van der Waals surface area contributed by atoms with E-state index < -0.39 is 35.4 Å². The lowest BCUT2D eigenvalue weighted by molar-refractivity contribution is -0.137. The molecule has 0 saturated heterocycles. The van der Waals surface area contributed by atoms with Crippen molar-refractivity contribution >= 4 is 11.8 Å². The van der Waals surface area contributed by atoms with Crippen molar-refractivity contribution < 1.29 is 27.2 Å². The number of benzene rings is 2. The zero-order valence-electron chi connectivity index (χ0n) is 13.5. The molecule has 2 aromatic carbocycles. The molecule has 2 rings (SSSR count). The molecule has 0 saturated carbocycles. The standard InChI is InChI=1S/C18H16F4N2O2/c19-14-7-3-11(4-8-14)9-15(17(23)26)24-16(25)10-12-1-5-13(6-2-12)18(20,21)22/h1-8,15H,9-10H2,(H2,23,26)(H,24,25)/t15-/m1/s1. The molecule has 26 heavy (non-hydrogen) atoms. The van der Waals surface area contributed by atoms with E-state index in [1.807, 2.05) is 0 Å². The summed E-state index contributed by atoms with van der Waals surface area (Å²) in [5.41, 5.74) is 5.42. The molecular weight excluding hydrogens is 352 g/mol. The predicted molar refractivity (Wildman–Crippen MR) is 86.4 cm³/mol. The van der Waals surface area contributed by atoms with Crippen LogP contribution in [0.1, 0.15) is 16.7 Å². The second-order valence-corrected chi connectivity index (χ2v) is 5.72. The first kappa shape index (κ1) is 19.4. The van der Waals surface area contributed by atoms with E-state index in [0.29, 0.717) is 11.1 Å². The number of rotatable bonds is 6. The van der Waals surface area contributed by atoms with Gasteiger partial charge in [-0.25, -0.2) is 4.39 Å². The lowest BCUT2D eigenvalue weighted by Gasteiger charge is -2.16. The van der Waals surface area contributed by atoms with Crippen LogP contribution in [0, 0.1) is 5.82 Å². The van der Waals surface area contributed by atoms with Crippen LogP contribution in [0.5, 0.6) is 0 Å². The van der Waals surface area contributed by atoms with Crippen LogP contribution < -0.4 is 11.1 Å². The summed E-state index contributed by atoms with van der Waals surface area (Å²) in [6.07, 6.45) is -4.58. The van der Waals surface area contributed by atoms with Crippen molar-refractivity contribution in [2.24, 2.45) is 5.73 Å². The third-order valence-corrected chi connectivity index (χ3v) is 3.68. The van der Waals surface area contributed by atoms with Crippen molar-refractivity contribution in [3.63, 3.8) is 0 Å². The van der Waals surface area contributed by atoms with Gasteiger partial charge in [-0.3, -0.25) is 9.59 Å². The fourth-order valence-corrected chi connectivity index (χ4v) is 2.32. The summed E-state index contributed by atoms with van der Waals surface area (Å²) in [4.78, 5) is 23.6. The van der Waals surface area contributed by atoms with Crippen LogP contribution in [-0.4, -0.2) is 17.9 Å². The highest BCUT2D eigenvalue weighted by Crippen LogP contribution is 2.29. The molecule has 0 unspecified atom stereocenters. The first-order chi connectivity index (χ1) is 12.1. The van der Waals surface area contributed by atoms with Crippen LogP contribution in [-0.2, 0) is 28.6 Å². The van der Waals surface area contributed by atoms with Gasteiger partial charge >= 0.3 is 6.18 Å². The Morgan fingerprint density at radius 1 is 0.962 bits per heavy atom. The number of carbonyl (C=O) groups excluding carboxylic acids is 2. The molecule has 0 aliphatic rings. The molecule has 1 atom stereocenters. The van der Waals surface area contributed by atoms with Crippen LogP contribution in [0.25, 0.3) is 0 Å². The van der Waals surface area contributed by atoms with E-state index in [-0.39, 0.29) is 12.8 Å². The van der Waals surface area contributed by atoms with Gasteiger partial charge in [-0.05, 0) is 35.4 Å². The van der Waals surface area contributed by atoms with Crippen LogP contribution in [0.2, 0.25) is 0 Å². The van der Waals surface area contributed by atoms with E-state index in [2.05, 4.69) is 5.32 Å². The minimum absolute atomic E-state index is 0.0777. The number of hydrogen-bond donors (Lipinski definition) is 2. The van der Waals surface area contributed by atoms with Crippen LogP contribution in [0.4, 0.5) is 17.6 Å². The lowest BCUT2D eigenvalue weighted by atomic mass is 10.0. The molecule has 4 nitrogen and oxygen atoms in total. The molecule has 0 heterocycles. The van der Waals surface area contributed by atoms with E-state index in [9.17, 15) is 27.2 Å². The highest BCUT2D eigenvalue weighted by Gasteiger charge is 2.30. The summed E-state index contributed by atoms with van der Waals surface area (Å²) in [6, 6.07) is 8.51. The maximum absolute atomic E-state index is 12.9. The lowest BCUT2D eigenvalue weighted by Crippen LogP contribution is -2.46. The summed E-state index contributed by atoms with van der Waals surface area (Å²) in [5.74, 6) is -1.76. The third-order valence-electron chi connectivity index (χ3n) is 3.68. The number of hydrogen-bond acceptors (Lipinski definition) is 2. The molecule has 2 aromatic rings. The highest BCUT2D eigenvalue weighted by atomic mass is 19.4. The Balaban J connectivity index is 1.99. The zero-order valence-corrected chi connectivity index (χ0v) is 13.5. The summed E-state index contributed by atoms with van der Waals surface area (Å²) in [7, 11) is 0. The Morgan fingerprint density at radius 3 is 2.00 bits per heavy atom. The molecule has 8 heteroatoms. The average Bonchev–Trinajstić information content (AvgIpc) is 2.55. The van der Waals surface area contributed by atoms with Crippen molar-refractivity contribution in [1.29, 1.82) is 0 Å². The Labute approximate surface area is 147 Å². The Hall–Kier alpha value is -2.90. The Morgan fingerprint density at radius 2 is 1.50 bits per heavy atom. The monoisotopic (exact) mass is 368 g/mol. The van der Waals surface area contributed by atoms with Gasteiger partial charge < -0.3 is 11.1 Å². The molecule has 2 amide bonds. The first-order valence-corrected chi connectivity index (χ1v) is 7.64. The summed E-state index contributed by atoms with van der Waals surface area (Å²) in [6.45, 7) is 0. The van der Waals surface area contributed by atoms with Gasteiger partial charge in [0.25, 0.3) is 0 Å². The van der Waals surface area contributed by atoms with Crippen molar-refractivity contribution in [2.75, 3.05) is 0 Å². The maximum Gasteiger partial charge on any atom is 0.416 e. The van der Waals surface area contributed by atoms with Gasteiger partial charge in [-0.15, -0.1) is 0 Å². The highest BCUT2D eigenvalue weighted by molar-refractivity contribution is 5.87. The number of primary amides is 1. The largest absolute Gasteiger partial charge is 0.416 e. The number of alkyl halides is 3. The van der Waals surface area contributed by atoms with Crippen molar-refractivity contribution in [3.8, 4) is 0 Å². The second-order valence-electron chi connectivity index (χ2n) is 5.72. The van der Waals surface area contributed by atoms with Crippen molar-refractivity contribution in [1.82, 2.24) is 5.32 Å². The molecule has 0 aliphatic heterocycles. The molecule has 0 spiro atoms. The number of carbonyl (C=O) groups is 2. The predicted octanol–water partition coefficient (Wildman–Crippen LogP) is 2.60. The van der Waals surface area contributed by atoms with Gasteiger partial charge in [0.1, 0.15) is 11.9 Å². The SMILES string of the molecule is NC(=O)[C@@H](Cc1ccc(F)cc1)NC(=O)Cc1ccc(C(F)(F)F)cc1. The molecular formula is C18H16F4N2O2. The average molecular weight is 368 g/mol. The number of nitrogens with one attached hydrogen (secondary N) is 1. The summed E-state index contributed by atoms with van der Waals surface area (Å²) >= 11 is 0. The second kappa shape index (κ2) is 7.99. The molecule has 138 valence electrons. The maximum atomic E-state index is 12.9. The van der Waals surface area contributed by atoms with Crippen LogP contribution in [0.15, 0.2) is 48.5 Å². The summed E-state index contributed by atoms with van der Waals surface area (Å²) in [5, 5.41) is 2.44. The van der Waals surface area contributed by atoms with E-state index in [1.54, 1.807) is 0 Å². The number of halogens is 4. The summed E-state index contributed by atoms with van der Waals surface area (Å²) < 4.78 is 50.5. The quantitative estimate of drug-likeness (QED) is 0.770. The van der Waals surface area contributed by atoms with E-state index >= 15 is 0 Å². The first-order valence-electron chi connectivity index (χ1n) is 7.64. The number of nitrogens with two attached hydrogens (primary N) is 1. The number of amides is 2. The smallest absolute Gasteiger partial charge is 0.368 e. The third kappa shape index (κ3) is 5.58. The Kier molecular flexibility index (Phi) is 5.97. The van der Waals surface area contributed by atoms with E-state index in [1.165, 1.54) is 36.4 Å². The van der Waals surface area contributed by atoms with E-state index in [0.717, 1.165) is 12.1 Å². The van der Waals surface area contributed by atoms with E-state index in [4.69, 9.17) is 5.73 Å². The normalized spacial score (nSPS) is 12.5. The topological polar surface area (TPSA) is 72.2 Å². The van der Waals surface area contributed by atoms with Gasteiger partial charge in [0.15, 0.2) is 0 Å². The van der Waals surface area contributed by atoms with Gasteiger partial charge in [-0.2, -0.15) is 13.2 Å². The van der Waals surface area contributed by atoms with Crippen LogP contribution in [0.3, 0.4) is 0 Å². The zero-order chi connectivity index (χ0) is 19.3. The molecule has 0 aromatic heterocycles. The Bertz CT molecular complexity index is 771. The fourth-order valence-electron chi connectivity index (χ4n) is 2.32. The molecule has 0 aliphatic carbocycles. The minimum Gasteiger partial charge on any atom is -0.368 e.